The number of nitrogens with one attached hydrogen (secondary N) is 1. The second-order valence-corrected chi connectivity index (χ2v) is 4.28. The van der Waals surface area contributed by atoms with Crippen molar-refractivity contribution >= 4 is 0 Å². The number of terminal acetylenes is 1. The van der Waals surface area contributed by atoms with Gasteiger partial charge in [-0.05, 0) is 6.92 Å². The lowest BCUT2D eigenvalue weighted by Gasteiger charge is -2.28. The molecule has 1 aliphatic heterocycles. The molecule has 0 amide bonds. The monoisotopic (exact) mass is 226 g/mol. The van der Waals surface area contributed by atoms with Gasteiger partial charge in [0.25, 0.3) is 0 Å². The van der Waals surface area contributed by atoms with Gasteiger partial charge in [-0.1, -0.05) is 0 Å². The zero-order valence-electron chi connectivity index (χ0n) is 9.98. The van der Waals surface area contributed by atoms with E-state index in [-0.39, 0.29) is 12.1 Å². The van der Waals surface area contributed by atoms with Gasteiger partial charge in [0.05, 0.1) is 19.3 Å². The third-order valence-corrected chi connectivity index (χ3v) is 2.70. The fraction of sp³-hybridized carbons (Fsp3) is 0.833. The Morgan fingerprint density at radius 1 is 1.50 bits per heavy atom. The van der Waals surface area contributed by atoms with Gasteiger partial charge in [-0.2, -0.15) is 0 Å². The summed E-state index contributed by atoms with van der Waals surface area (Å²) < 4.78 is 5.25. The Morgan fingerprint density at radius 2 is 2.19 bits per heavy atom. The molecule has 0 saturated carbocycles. The van der Waals surface area contributed by atoms with Crippen LogP contribution in [0.25, 0.3) is 0 Å². The first-order valence-corrected chi connectivity index (χ1v) is 5.87. The average Bonchev–Trinajstić information content (AvgIpc) is 2.28. The molecule has 0 bridgehead atoms. The zero-order valence-corrected chi connectivity index (χ0v) is 9.98. The fourth-order valence-electron chi connectivity index (χ4n) is 1.73. The molecule has 1 saturated heterocycles. The molecule has 1 aliphatic rings. The maximum absolute atomic E-state index is 9.82. The molecular weight excluding hydrogens is 204 g/mol. The van der Waals surface area contributed by atoms with Gasteiger partial charge < -0.3 is 15.2 Å². The number of aliphatic hydroxyl groups is 1. The van der Waals surface area contributed by atoms with Crippen molar-refractivity contribution in [1.29, 1.82) is 0 Å². The number of β-amino-alcohol motifs (C(OH)–C–C–N with tert-alkyl or cyclic N) is 1. The van der Waals surface area contributed by atoms with Crippen LogP contribution in [0, 0.1) is 12.3 Å². The molecular formula is C12H22N2O2. The predicted molar refractivity (Wildman–Crippen MR) is 64.2 cm³/mol. The Balaban J connectivity index is 2.10. The van der Waals surface area contributed by atoms with Crippen LogP contribution < -0.4 is 5.32 Å². The third kappa shape index (κ3) is 5.47. The molecule has 0 aromatic heterocycles. The normalized spacial score (nSPS) is 21.3. The quantitative estimate of drug-likeness (QED) is 0.609. The summed E-state index contributed by atoms with van der Waals surface area (Å²) in [6.07, 6.45) is 5.57. The molecule has 0 radical (unpaired) electrons. The summed E-state index contributed by atoms with van der Waals surface area (Å²) in [5.74, 6) is 2.60. The van der Waals surface area contributed by atoms with E-state index in [1.165, 1.54) is 0 Å². The number of hydrogen-bond acceptors (Lipinski definition) is 4. The van der Waals surface area contributed by atoms with Crippen LogP contribution in [0.5, 0.6) is 0 Å². The first kappa shape index (κ1) is 13.5. The van der Waals surface area contributed by atoms with Gasteiger partial charge in [0.15, 0.2) is 0 Å². The fourth-order valence-corrected chi connectivity index (χ4v) is 1.73. The van der Waals surface area contributed by atoms with E-state index in [0.717, 1.165) is 26.3 Å². The number of aliphatic hydroxyl groups excluding tert-OH is 1. The highest BCUT2D eigenvalue weighted by Crippen LogP contribution is 1.98. The summed E-state index contributed by atoms with van der Waals surface area (Å²) in [5, 5.41) is 13.0. The SMILES string of the molecule is C#CCC(C)NCC(O)CN1CCOCC1. The Morgan fingerprint density at radius 3 is 2.81 bits per heavy atom. The Labute approximate surface area is 98.0 Å². The molecule has 1 heterocycles. The van der Waals surface area contributed by atoms with Crippen LogP contribution in [-0.2, 0) is 4.74 Å². The van der Waals surface area contributed by atoms with Crippen molar-refractivity contribution in [1.82, 2.24) is 10.2 Å². The van der Waals surface area contributed by atoms with Crippen molar-refractivity contribution in [3.8, 4) is 12.3 Å². The highest BCUT2D eigenvalue weighted by atomic mass is 16.5. The lowest BCUT2D eigenvalue weighted by atomic mass is 10.2. The van der Waals surface area contributed by atoms with Crippen LogP contribution in [0.15, 0.2) is 0 Å². The number of rotatable bonds is 6. The van der Waals surface area contributed by atoms with E-state index < -0.39 is 0 Å². The topological polar surface area (TPSA) is 44.7 Å². The second-order valence-electron chi connectivity index (χ2n) is 4.28. The van der Waals surface area contributed by atoms with Crippen LogP contribution in [0.4, 0.5) is 0 Å². The molecule has 1 rings (SSSR count). The van der Waals surface area contributed by atoms with E-state index in [1.54, 1.807) is 0 Å². The number of ether oxygens (including phenoxy) is 1. The van der Waals surface area contributed by atoms with Crippen molar-refractivity contribution in [2.24, 2.45) is 0 Å². The average molecular weight is 226 g/mol. The molecule has 0 aromatic rings. The van der Waals surface area contributed by atoms with Crippen molar-refractivity contribution in [3.63, 3.8) is 0 Å². The van der Waals surface area contributed by atoms with Gasteiger partial charge in [0.1, 0.15) is 0 Å². The van der Waals surface area contributed by atoms with Gasteiger partial charge in [-0.3, -0.25) is 4.90 Å². The van der Waals surface area contributed by atoms with Gasteiger partial charge in [-0.15, -0.1) is 12.3 Å². The molecule has 4 nitrogen and oxygen atoms in total. The van der Waals surface area contributed by atoms with E-state index in [1.807, 2.05) is 6.92 Å². The highest BCUT2D eigenvalue weighted by Gasteiger charge is 2.14. The Bertz CT molecular complexity index is 222. The standard InChI is InChI=1S/C12H22N2O2/c1-3-4-11(2)13-9-12(15)10-14-5-7-16-8-6-14/h1,11-13,15H,4-10H2,2H3. The minimum Gasteiger partial charge on any atom is -0.390 e. The lowest BCUT2D eigenvalue weighted by molar-refractivity contribution is 0.0146. The minimum atomic E-state index is -0.335. The predicted octanol–water partition coefficient (Wildman–Crippen LogP) is -0.319. The molecule has 92 valence electrons. The van der Waals surface area contributed by atoms with Crippen LogP contribution in [-0.4, -0.2) is 61.5 Å². The molecule has 2 unspecified atom stereocenters. The summed E-state index contributed by atoms with van der Waals surface area (Å²) in [4.78, 5) is 2.22. The van der Waals surface area contributed by atoms with Crippen molar-refractivity contribution in [2.45, 2.75) is 25.5 Å². The van der Waals surface area contributed by atoms with Gasteiger partial charge in [0.2, 0.25) is 0 Å². The first-order chi connectivity index (χ1) is 7.72. The molecule has 2 atom stereocenters. The molecule has 0 aromatic carbocycles. The number of nitrogens with zero attached hydrogens (tertiary/aromatic N) is 1. The number of morpholine rings is 1. The molecule has 0 aliphatic carbocycles. The number of hydrogen-bond donors (Lipinski definition) is 2. The largest absolute Gasteiger partial charge is 0.390 e. The van der Waals surface area contributed by atoms with E-state index in [0.29, 0.717) is 19.5 Å². The highest BCUT2D eigenvalue weighted by molar-refractivity contribution is 4.88. The van der Waals surface area contributed by atoms with E-state index in [2.05, 4.69) is 16.1 Å². The summed E-state index contributed by atoms with van der Waals surface area (Å²) in [5.41, 5.74) is 0. The molecule has 1 fully saturated rings. The van der Waals surface area contributed by atoms with Gasteiger partial charge in [-0.25, -0.2) is 0 Å². The van der Waals surface area contributed by atoms with E-state index >= 15 is 0 Å². The van der Waals surface area contributed by atoms with E-state index in [4.69, 9.17) is 11.2 Å². The van der Waals surface area contributed by atoms with Gasteiger partial charge >= 0.3 is 0 Å². The molecule has 2 N–H and O–H groups in total. The summed E-state index contributed by atoms with van der Waals surface area (Å²) in [6, 6.07) is 0.268. The minimum absolute atomic E-state index is 0.268. The Hall–Kier alpha value is -0.600. The van der Waals surface area contributed by atoms with Crippen molar-refractivity contribution in [2.75, 3.05) is 39.4 Å². The molecule has 0 spiro atoms. The van der Waals surface area contributed by atoms with E-state index in [9.17, 15) is 5.11 Å². The maximum Gasteiger partial charge on any atom is 0.0791 e. The van der Waals surface area contributed by atoms with Gasteiger partial charge in [0, 0.05) is 38.6 Å². The van der Waals surface area contributed by atoms with Crippen LogP contribution in [0.1, 0.15) is 13.3 Å². The summed E-state index contributed by atoms with van der Waals surface area (Å²) >= 11 is 0. The van der Waals surface area contributed by atoms with Crippen LogP contribution in [0.3, 0.4) is 0 Å². The van der Waals surface area contributed by atoms with Crippen molar-refractivity contribution < 1.29 is 9.84 Å². The van der Waals surface area contributed by atoms with Crippen LogP contribution in [0.2, 0.25) is 0 Å². The Kier molecular flexibility index (Phi) is 6.43. The van der Waals surface area contributed by atoms with Crippen molar-refractivity contribution in [3.05, 3.63) is 0 Å². The maximum atomic E-state index is 9.82. The summed E-state index contributed by atoms with van der Waals surface area (Å²) in [7, 11) is 0. The first-order valence-electron chi connectivity index (χ1n) is 5.87. The third-order valence-electron chi connectivity index (χ3n) is 2.70. The molecule has 4 heteroatoms. The molecule has 16 heavy (non-hydrogen) atoms. The lowest BCUT2D eigenvalue weighted by Crippen LogP contribution is -2.44. The smallest absolute Gasteiger partial charge is 0.0791 e. The van der Waals surface area contributed by atoms with Crippen LogP contribution >= 0.6 is 0 Å². The second kappa shape index (κ2) is 7.64. The summed E-state index contributed by atoms with van der Waals surface area (Å²) in [6.45, 7) is 6.70. The zero-order chi connectivity index (χ0) is 11.8.